The fraction of sp³-hybridized carbons (Fsp3) is 0.650. The van der Waals surface area contributed by atoms with Gasteiger partial charge in [0.05, 0.1) is 6.54 Å². The van der Waals surface area contributed by atoms with E-state index in [0.717, 1.165) is 51.6 Å². The summed E-state index contributed by atoms with van der Waals surface area (Å²) in [6.45, 7) is 9.31. The predicted molar refractivity (Wildman–Crippen MR) is 107 cm³/mol. The number of hydrogen-bond acceptors (Lipinski definition) is 3. The summed E-state index contributed by atoms with van der Waals surface area (Å²) in [6, 6.07) is 8.63. The summed E-state index contributed by atoms with van der Waals surface area (Å²) in [5, 5.41) is 6.68. The van der Waals surface area contributed by atoms with Crippen molar-refractivity contribution in [3.63, 3.8) is 0 Å². The van der Waals surface area contributed by atoms with Crippen LogP contribution in [0.3, 0.4) is 0 Å². The van der Waals surface area contributed by atoms with Crippen LogP contribution < -0.4 is 10.6 Å². The van der Waals surface area contributed by atoms with Gasteiger partial charge in [-0.25, -0.2) is 4.99 Å². The molecule has 0 aliphatic rings. The van der Waals surface area contributed by atoms with Crippen LogP contribution >= 0.6 is 0 Å². The Morgan fingerprint density at radius 3 is 2.56 bits per heavy atom. The van der Waals surface area contributed by atoms with Gasteiger partial charge in [-0.1, -0.05) is 37.6 Å². The van der Waals surface area contributed by atoms with Gasteiger partial charge < -0.3 is 20.3 Å². The quantitative estimate of drug-likeness (QED) is 0.346. The van der Waals surface area contributed by atoms with Crippen molar-refractivity contribution in [3.05, 3.63) is 35.4 Å². The molecule has 1 aromatic carbocycles. The maximum absolute atomic E-state index is 5.59. The maximum atomic E-state index is 5.59. The Labute approximate surface area is 153 Å². The molecule has 0 aromatic heterocycles. The molecule has 0 unspecified atom stereocenters. The zero-order valence-corrected chi connectivity index (χ0v) is 16.5. The first-order valence-corrected chi connectivity index (χ1v) is 9.48. The van der Waals surface area contributed by atoms with Crippen LogP contribution in [0.2, 0.25) is 0 Å². The first-order chi connectivity index (χ1) is 12.2. The molecule has 0 fully saturated rings. The molecule has 0 saturated heterocycles. The summed E-state index contributed by atoms with van der Waals surface area (Å²) >= 11 is 0. The van der Waals surface area contributed by atoms with Crippen molar-refractivity contribution in [1.82, 2.24) is 15.5 Å². The topological polar surface area (TPSA) is 48.9 Å². The lowest BCUT2D eigenvalue weighted by Crippen LogP contribution is -2.38. The van der Waals surface area contributed by atoms with Crippen LogP contribution in [-0.2, 0) is 17.8 Å². The molecule has 0 amide bonds. The van der Waals surface area contributed by atoms with Crippen LogP contribution in [0.5, 0.6) is 0 Å². The molecular formula is C20H36N4O. The Balaban J connectivity index is 2.41. The van der Waals surface area contributed by atoms with Crippen LogP contribution in [0, 0.1) is 0 Å². The number of nitrogens with one attached hydrogen (secondary N) is 2. The van der Waals surface area contributed by atoms with Crippen molar-refractivity contribution in [2.45, 2.75) is 46.2 Å². The summed E-state index contributed by atoms with van der Waals surface area (Å²) in [5.74, 6) is 0.870. The van der Waals surface area contributed by atoms with Gasteiger partial charge >= 0.3 is 0 Å². The zero-order valence-electron chi connectivity index (χ0n) is 16.5. The van der Waals surface area contributed by atoms with Crippen LogP contribution in [0.15, 0.2) is 29.3 Å². The molecule has 0 heterocycles. The lowest BCUT2D eigenvalue weighted by atomic mass is 10.1. The van der Waals surface area contributed by atoms with Crippen molar-refractivity contribution in [2.75, 3.05) is 40.4 Å². The van der Waals surface area contributed by atoms with Crippen LogP contribution in [0.25, 0.3) is 0 Å². The minimum absolute atomic E-state index is 0.684. The van der Waals surface area contributed by atoms with Crippen LogP contribution in [0.1, 0.15) is 44.2 Å². The molecule has 0 aliphatic heterocycles. The molecule has 0 saturated carbocycles. The Morgan fingerprint density at radius 1 is 1.08 bits per heavy atom. The average molecular weight is 349 g/mol. The van der Waals surface area contributed by atoms with E-state index < -0.39 is 0 Å². The lowest BCUT2D eigenvalue weighted by Gasteiger charge is -2.12. The molecule has 1 aromatic rings. The van der Waals surface area contributed by atoms with E-state index >= 15 is 0 Å². The summed E-state index contributed by atoms with van der Waals surface area (Å²) < 4.78 is 5.59. The third-order valence-electron chi connectivity index (χ3n) is 3.65. The standard InChI is InChI=1S/C20H36N4O/c1-5-7-13-25-14-9-12-22-20(21-6-2)23-16-18-10-8-11-19(15-18)17-24(3)4/h8,10-11,15H,5-7,9,12-14,16-17H2,1-4H3,(H2,21,22,23). The van der Waals surface area contributed by atoms with E-state index in [1.807, 2.05) is 0 Å². The minimum Gasteiger partial charge on any atom is -0.381 e. The van der Waals surface area contributed by atoms with Crippen molar-refractivity contribution < 1.29 is 4.74 Å². The van der Waals surface area contributed by atoms with E-state index in [-0.39, 0.29) is 0 Å². The Morgan fingerprint density at radius 2 is 1.84 bits per heavy atom. The van der Waals surface area contributed by atoms with Crippen molar-refractivity contribution >= 4 is 5.96 Å². The Kier molecular flexibility index (Phi) is 11.7. The van der Waals surface area contributed by atoms with Gasteiger partial charge in [-0.05, 0) is 45.0 Å². The molecule has 0 atom stereocenters. The number of unbranched alkanes of at least 4 members (excludes halogenated alkanes) is 1. The second-order valence-corrected chi connectivity index (χ2v) is 6.50. The van der Waals surface area contributed by atoms with Crippen molar-refractivity contribution in [1.29, 1.82) is 0 Å². The Bertz CT molecular complexity index is 488. The fourth-order valence-electron chi connectivity index (χ4n) is 2.43. The number of aliphatic imine (C=N–C) groups is 1. The van der Waals surface area contributed by atoms with Crippen LogP contribution in [0.4, 0.5) is 0 Å². The smallest absolute Gasteiger partial charge is 0.191 e. The number of hydrogen-bond donors (Lipinski definition) is 2. The van der Waals surface area contributed by atoms with Gasteiger partial charge in [0.25, 0.3) is 0 Å². The molecule has 1 rings (SSSR count). The number of nitrogens with zero attached hydrogens (tertiary/aromatic N) is 2. The minimum atomic E-state index is 0.684. The summed E-state index contributed by atoms with van der Waals surface area (Å²) in [7, 11) is 4.17. The van der Waals surface area contributed by atoms with Gasteiger partial charge in [-0.2, -0.15) is 0 Å². The van der Waals surface area contributed by atoms with E-state index in [2.05, 4.69) is 67.7 Å². The third kappa shape index (κ3) is 10.8. The zero-order chi connectivity index (χ0) is 18.3. The lowest BCUT2D eigenvalue weighted by molar-refractivity contribution is 0.129. The molecule has 2 N–H and O–H groups in total. The van der Waals surface area contributed by atoms with E-state index in [0.29, 0.717) is 6.54 Å². The second kappa shape index (κ2) is 13.7. The maximum Gasteiger partial charge on any atom is 0.191 e. The van der Waals surface area contributed by atoms with Gasteiger partial charge in [0.1, 0.15) is 0 Å². The van der Waals surface area contributed by atoms with Crippen LogP contribution in [-0.4, -0.2) is 51.3 Å². The first kappa shape index (κ1) is 21.5. The van der Waals surface area contributed by atoms with E-state index in [1.54, 1.807) is 0 Å². The van der Waals surface area contributed by atoms with Gasteiger partial charge in [0.15, 0.2) is 5.96 Å². The molecular weight excluding hydrogens is 312 g/mol. The number of benzene rings is 1. The highest BCUT2D eigenvalue weighted by Gasteiger charge is 2.00. The molecule has 0 aliphatic carbocycles. The highest BCUT2D eigenvalue weighted by atomic mass is 16.5. The predicted octanol–water partition coefficient (Wildman–Crippen LogP) is 3.01. The Hall–Kier alpha value is -1.59. The second-order valence-electron chi connectivity index (χ2n) is 6.50. The molecule has 0 spiro atoms. The number of rotatable bonds is 12. The van der Waals surface area contributed by atoms with Gasteiger partial charge in [-0.3, -0.25) is 0 Å². The molecule has 25 heavy (non-hydrogen) atoms. The highest BCUT2D eigenvalue weighted by molar-refractivity contribution is 5.79. The summed E-state index contributed by atoms with van der Waals surface area (Å²) in [6.07, 6.45) is 3.32. The number of ether oxygens (including phenoxy) is 1. The molecule has 0 radical (unpaired) electrons. The molecule has 0 bridgehead atoms. The van der Waals surface area contributed by atoms with E-state index in [9.17, 15) is 0 Å². The number of guanidine groups is 1. The largest absolute Gasteiger partial charge is 0.381 e. The monoisotopic (exact) mass is 348 g/mol. The SMILES string of the molecule is CCCCOCCCNC(=NCc1cccc(CN(C)C)c1)NCC. The third-order valence-corrected chi connectivity index (χ3v) is 3.65. The highest BCUT2D eigenvalue weighted by Crippen LogP contribution is 2.08. The summed E-state index contributed by atoms with van der Waals surface area (Å²) in [5.41, 5.74) is 2.55. The van der Waals surface area contributed by atoms with E-state index in [4.69, 9.17) is 9.73 Å². The average Bonchev–Trinajstić information content (AvgIpc) is 2.58. The van der Waals surface area contributed by atoms with Crippen molar-refractivity contribution in [3.8, 4) is 0 Å². The summed E-state index contributed by atoms with van der Waals surface area (Å²) in [4.78, 5) is 6.87. The normalized spacial score (nSPS) is 11.8. The first-order valence-electron chi connectivity index (χ1n) is 9.48. The molecule has 5 heteroatoms. The van der Waals surface area contributed by atoms with E-state index in [1.165, 1.54) is 17.5 Å². The van der Waals surface area contributed by atoms with Gasteiger partial charge in [-0.15, -0.1) is 0 Å². The van der Waals surface area contributed by atoms with Gasteiger partial charge in [0, 0.05) is 32.8 Å². The molecule has 142 valence electrons. The van der Waals surface area contributed by atoms with Gasteiger partial charge in [0.2, 0.25) is 0 Å². The van der Waals surface area contributed by atoms with Crippen molar-refractivity contribution in [2.24, 2.45) is 4.99 Å². The fourth-order valence-corrected chi connectivity index (χ4v) is 2.43. The molecule has 5 nitrogen and oxygen atoms in total.